The molecular formula is C27H25FN4O4. The van der Waals surface area contributed by atoms with E-state index in [1.807, 2.05) is 36.4 Å². The molecule has 0 saturated heterocycles. The molecule has 3 aromatic heterocycles. The third-order valence-corrected chi connectivity index (χ3v) is 5.44. The van der Waals surface area contributed by atoms with Crippen LogP contribution in [0.1, 0.15) is 46.7 Å². The molecule has 1 aromatic carbocycles. The van der Waals surface area contributed by atoms with Crippen molar-refractivity contribution < 1.29 is 23.5 Å². The summed E-state index contributed by atoms with van der Waals surface area (Å²) in [6.45, 7) is 1.89. The lowest BCUT2D eigenvalue weighted by molar-refractivity contribution is -0.143. The first-order chi connectivity index (χ1) is 17.5. The Labute approximate surface area is 207 Å². The van der Waals surface area contributed by atoms with Gasteiger partial charge in [0.05, 0.1) is 31.9 Å². The molecule has 0 aliphatic rings. The van der Waals surface area contributed by atoms with Crippen LogP contribution in [-0.2, 0) is 9.53 Å². The first kappa shape index (κ1) is 24.6. The van der Waals surface area contributed by atoms with Crippen LogP contribution in [0.2, 0.25) is 0 Å². The van der Waals surface area contributed by atoms with Gasteiger partial charge in [-0.2, -0.15) is 0 Å². The van der Waals surface area contributed by atoms with Crippen molar-refractivity contribution in [3.63, 3.8) is 0 Å². The van der Waals surface area contributed by atoms with Crippen molar-refractivity contribution in [1.82, 2.24) is 20.3 Å². The highest BCUT2D eigenvalue weighted by Crippen LogP contribution is 2.25. The Morgan fingerprint density at radius 3 is 2.81 bits per heavy atom. The Bertz CT molecular complexity index is 1420. The van der Waals surface area contributed by atoms with Crippen LogP contribution >= 0.6 is 0 Å². The second kappa shape index (κ2) is 11.3. The maximum Gasteiger partial charge on any atom is 0.308 e. The summed E-state index contributed by atoms with van der Waals surface area (Å²) in [4.78, 5) is 36.8. The Morgan fingerprint density at radius 1 is 1.17 bits per heavy atom. The van der Waals surface area contributed by atoms with Crippen molar-refractivity contribution in [3.05, 3.63) is 89.3 Å². The molecule has 9 heteroatoms. The number of hydrogen-bond acceptors (Lipinski definition) is 6. The van der Waals surface area contributed by atoms with E-state index < -0.39 is 23.7 Å². The number of halogens is 1. The number of esters is 1. The monoisotopic (exact) mass is 488 g/mol. The number of nitrogens with zero attached hydrogens (tertiary/aromatic N) is 2. The lowest BCUT2D eigenvalue weighted by atomic mass is 10.0. The molecule has 0 bridgehead atoms. The number of methoxy groups -OCH3 is 1. The van der Waals surface area contributed by atoms with Gasteiger partial charge >= 0.3 is 5.97 Å². The molecule has 3 heterocycles. The number of rotatable bonds is 9. The molecule has 0 radical (unpaired) electrons. The minimum absolute atomic E-state index is 0.0671. The number of aromatic nitrogens is 3. The molecular weight excluding hydrogens is 463 g/mol. The molecule has 2 N–H and O–H groups in total. The standard InChI is InChI=1S/C27H25FN4O4/c1-3-36-25(33)15-22(19-8-11-24(35-2)21(28)14-19)32-27(34)23-13-17(16-30-23)6-9-20-10-7-18-5-4-12-29-26(18)31-20/h4-14,16,22,30H,3,15H2,1-2H3,(H,32,34)/b9-6+/t22-/m0/s1. The summed E-state index contributed by atoms with van der Waals surface area (Å²) in [6, 6.07) is 12.8. The molecule has 8 nitrogen and oxygen atoms in total. The summed E-state index contributed by atoms with van der Waals surface area (Å²) in [5, 5.41) is 3.74. The van der Waals surface area contributed by atoms with Gasteiger partial charge in [-0.3, -0.25) is 9.59 Å². The molecule has 4 aromatic rings. The fraction of sp³-hybridized carbons (Fsp3) is 0.185. The zero-order chi connectivity index (χ0) is 25.5. The zero-order valence-corrected chi connectivity index (χ0v) is 19.8. The summed E-state index contributed by atoms with van der Waals surface area (Å²) in [5.41, 5.74) is 2.82. The van der Waals surface area contributed by atoms with Gasteiger partial charge in [-0.05, 0) is 66.6 Å². The third-order valence-electron chi connectivity index (χ3n) is 5.44. The Balaban J connectivity index is 1.49. The summed E-state index contributed by atoms with van der Waals surface area (Å²) in [7, 11) is 1.36. The van der Waals surface area contributed by atoms with Crippen LogP contribution in [0.4, 0.5) is 4.39 Å². The highest BCUT2D eigenvalue weighted by atomic mass is 19.1. The van der Waals surface area contributed by atoms with Crippen LogP contribution in [-0.4, -0.2) is 40.5 Å². The van der Waals surface area contributed by atoms with Gasteiger partial charge in [-0.25, -0.2) is 14.4 Å². The van der Waals surface area contributed by atoms with E-state index in [1.54, 1.807) is 31.5 Å². The fourth-order valence-electron chi connectivity index (χ4n) is 3.65. The molecule has 1 atom stereocenters. The average molecular weight is 489 g/mol. The van der Waals surface area contributed by atoms with Crippen molar-refractivity contribution in [3.8, 4) is 5.75 Å². The molecule has 0 aliphatic carbocycles. The van der Waals surface area contributed by atoms with Gasteiger partial charge < -0.3 is 19.8 Å². The smallest absolute Gasteiger partial charge is 0.308 e. The number of carbonyl (C=O) groups excluding carboxylic acids is 2. The minimum Gasteiger partial charge on any atom is -0.494 e. The van der Waals surface area contributed by atoms with Crippen LogP contribution < -0.4 is 10.1 Å². The molecule has 4 rings (SSSR count). The molecule has 0 fully saturated rings. The van der Waals surface area contributed by atoms with Crippen molar-refractivity contribution in [2.24, 2.45) is 0 Å². The third kappa shape index (κ3) is 5.93. The second-order valence-corrected chi connectivity index (χ2v) is 7.90. The predicted molar refractivity (Wildman–Crippen MR) is 134 cm³/mol. The van der Waals surface area contributed by atoms with E-state index in [0.717, 1.165) is 16.6 Å². The number of aromatic amines is 1. The van der Waals surface area contributed by atoms with Crippen molar-refractivity contribution in [1.29, 1.82) is 0 Å². The number of hydrogen-bond donors (Lipinski definition) is 2. The highest BCUT2D eigenvalue weighted by molar-refractivity contribution is 5.94. The maximum atomic E-state index is 14.3. The Hall–Kier alpha value is -4.53. The van der Waals surface area contributed by atoms with Crippen LogP contribution in [0.15, 0.2) is 60.9 Å². The summed E-state index contributed by atoms with van der Waals surface area (Å²) in [6.07, 6.45) is 6.86. The van der Waals surface area contributed by atoms with Gasteiger partial charge in [-0.15, -0.1) is 0 Å². The molecule has 36 heavy (non-hydrogen) atoms. The van der Waals surface area contributed by atoms with Crippen molar-refractivity contribution in [2.45, 2.75) is 19.4 Å². The van der Waals surface area contributed by atoms with Crippen LogP contribution in [0, 0.1) is 5.82 Å². The quantitative estimate of drug-likeness (QED) is 0.331. The molecule has 184 valence electrons. The number of fused-ring (bicyclic) bond motifs is 1. The summed E-state index contributed by atoms with van der Waals surface area (Å²) >= 11 is 0. The maximum absolute atomic E-state index is 14.3. The van der Waals surface area contributed by atoms with Gasteiger partial charge in [0, 0.05) is 17.8 Å². The SMILES string of the molecule is CCOC(=O)C[C@H](NC(=O)c1cc(/C=C/c2ccc3cccnc3n2)c[nH]1)c1ccc(OC)c(F)c1. The van der Waals surface area contributed by atoms with E-state index >= 15 is 0 Å². The first-order valence-corrected chi connectivity index (χ1v) is 11.3. The van der Waals surface area contributed by atoms with Gasteiger partial charge in [0.25, 0.3) is 5.91 Å². The van der Waals surface area contributed by atoms with E-state index in [2.05, 4.69) is 20.3 Å². The van der Waals surface area contributed by atoms with E-state index in [9.17, 15) is 14.0 Å². The first-order valence-electron chi connectivity index (χ1n) is 11.3. The van der Waals surface area contributed by atoms with Gasteiger partial charge in [0.2, 0.25) is 0 Å². The van der Waals surface area contributed by atoms with E-state index in [1.165, 1.54) is 19.2 Å². The van der Waals surface area contributed by atoms with Crippen molar-refractivity contribution >= 4 is 35.1 Å². The van der Waals surface area contributed by atoms with E-state index in [4.69, 9.17) is 9.47 Å². The van der Waals surface area contributed by atoms with Gasteiger partial charge in [-0.1, -0.05) is 12.1 Å². The van der Waals surface area contributed by atoms with Crippen LogP contribution in [0.5, 0.6) is 5.75 Å². The Kier molecular flexibility index (Phi) is 7.69. The molecule has 1 amide bonds. The number of carbonyl (C=O) groups is 2. The predicted octanol–water partition coefficient (Wildman–Crippen LogP) is 4.70. The van der Waals surface area contributed by atoms with E-state index in [0.29, 0.717) is 11.2 Å². The number of H-pyrrole nitrogens is 1. The average Bonchev–Trinajstić information content (AvgIpc) is 3.36. The number of pyridine rings is 2. The molecule has 0 unspecified atom stereocenters. The number of amides is 1. The van der Waals surface area contributed by atoms with E-state index in [-0.39, 0.29) is 24.5 Å². The molecule has 0 spiro atoms. The Morgan fingerprint density at radius 2 is 2.03 bits per heavy atom. The number of ether oxygens (including phenoxy) is 2. The zero-order valence-electron chi connectivity index (χ0n) is 19.8. The highest BCUT2D eigenvalue weighted by Gasteiger charge is 2.22. The van der Waals surface area contributed by atoms with Gasteiger partial charge in [0.15, 0.2) is 17.2 Å². The molecule has 0 aliphatic heterocycles. The van der Waals surface area contributed by atoms with Crippen LogP contribution in [0.25, 0.3) is 23.2 Å². The summed E-state index contributed by atoms with van der Waals surface area (Å²) < 4.78 is 24.3. The number of nitrogens with one attached hydrogen (secondary N) is 2. The topological polar surface area (TPSA) is 106 Å². The lowest BCUT2D eigenvalue weighted by Crippen LogP contribution is -2.31. The fourth-order valence-corrected chi connectivity index (χ4v) is 3.65. The van der Waals surface area contributed by atoms with Crippen LogP contribution in [0.3, 0.4) is 0 Å². The molecule has 0 saturated carbocycles. The normalized spacial score (nSPS) is 12.0. The largest absolute Gasteiger partial charge is 0.494 e. The summed E-state index contributed by atoms with van der Waals surface area (Å²) in [5.74, 6) is -1.49. The number of benzene rings is 1. The van der Waals surface area contributed by atoms with Gasteiger partial charge in [0.1, 0.15) is 5.69 Å². The lowest BCUT2D eigenvalue weighted by Gasteiger charge is -2.19. The second-order valence-electron chi connectivity index (χ2n) is 7.90. The van der Waals surface area contributed by atoms with Crippen molar-refractivity contribution in [2.75, 3.05) is 13.7 Å². The minimum atomic E-state index is -0.798.